The number of hydrogen-bond donors (Lipinski definition) is 1. The second kappa shape index (κ2) is 5.95. The topological polar surface area (TPSA) is 20.3 Å². The lowest BCUT2D eigenvalue weighted by atomic mass is 9.89. The average molecular weight is 241 g/mol. The zero-order valence-corrected chi connectivity index (χ0v) is 10.9. The van der Waals surface area contributed by atoms with Crippen molar-refractivity contribution in [3.63, 3.8) is 0 Å². The summed E-state index contributed by atoms with van der Waals surface area (Å²) in [4.78, 5) is 13.8. The summed E-state index contributed by atoms with van der Waals surface area (Å²) in [7, 11) is 0. The van der Waals surface area contributed by atoms with Crippen molar-refractivity contribution in [2.75, 3.05) is 0 Å². The van der Waals surface area contributed by atoms with Gasteiger partial charge in [-0.15, -0.1) is 0 Å². The number of carbonyl (C=O) groups is 1. The summed E-state index contributed by atoms with van der Waals surface area (Å²) >= 11 is 4.10. The van der Waals surface area contributed by atoms with Gasteiger partial charge in [-0.3, -0.25) is 4.79 Å². The van der Waals surface area contributed by atoms with Crippen molar-refractivity contribution in [3.8, 4) is 0 Å². The lowest BCUT2D eigenvalue weighted by molar-refractivity contribution is 0.122. The summed E-state index contributed by atoms with van der Waals surface area (Å²) < 4.78 is 0. The molecule has 0 radical (unpaired) electrons. The number of carbonyl (C=O) groups excluding carboxylic acids is 1. The van der Waals surface area contributed by atoms with Gasteiger partial charge in [0.05, 0.1) is 0 Å². The predicted molar refractivity (Wildman–Crippen MR) is 70.0 cm³/mol. The normalized spacial score (nSPS) is 24.3. The molecule has 2 saturated carbocycles. The number of hydrogen-bond acceptors (Lipinski definition) is 1. The van der Waals surface area contributed by atoms with E-state index >= 15 is 0 Å². The fourth-order valence-electron chi connectivity index (χ4n) is 3.33. The van der Waals surface area contributed by atoms with Crippen LogP contribution in [0.2, 0.25) is 0 Å². The maximum absolute atomic E-state index is 11.7. The zero-order chi connectivity index (χ0) is 11.4. The highest BCUT2D eigenvalue weighted by atomic mass is 32.1. The molecule has 2 fully saturated rings. The summed E-state index contributed by atoms with van der Waals surface area (Å²) in [5.74, 6) is 0. The third kappa shape index (κ3) is 2.93. The molecular formula is C13H23NOS. The molecule has 2 rings (SSSR count). The third-order valence-corrected chi connectivity index (χ3v) is 4.39. The minimum Gasteiger partial charge on any atom is -0.328 e. The van der Waals surface area contributed by atoms with E-state index in [1.165, 1.54) is 64.2 Å². The quantitative estimate of drug-likeness (QED) is 0.724. The van der Waals surface area contributed by atoms with Crippen LogP contribution in [0.4, 0.5) is 4.79 Å². The standard InChI is InChI=1S/C13H23NOS/c15-13(16)14(11-7-3-1-4-8-11)12-9-5-2-6-10-12/h11-12H,1-10H2,(H,15,16). The Morgan fingerprint density at radius 1 is 0.812 bits per heavy atom. The van der Waals surface area contributed by atoms with Gasteiger partial charge in [0.1, 0.15) is 0 Å². The van der Waals surface area contributed by atoms with Gasteiger partial charge in [-0.1, -0.05) is 51.2 Å². The van der Waals surface area contributed by atoms with Gasteiger partial charge < -0.3 is 4.90 Å². The van der Waals surface area contributed by atoms with Crippen molar-refractivity contribution in [1.82, 2.24) is 4.90 Å². The second-order valence-corrected chi connectivity index (χ2v) is 5.66. The van der Waals surface area contributed by atoms with E-state index in [0.717, 1.165) is 0 Å². The van der Waals surface area contributed by atoms with Crippen molar-refractivity contribution in [3.05, 3.63) is 0 Å². The predicted octanol–water partition coefficient (Wildman–Crippen LogP) is 4.00. The Morgan fingerprint density at radius 3 is 1.50 bits per heavy atom. The number of amides is 1. The molecule has 92 valence electrons. The molecule has 0 aliphatic heterocycles. The Kier molecular flexibility index (Phi) is 4.56. The lowest BCUT2D eigenvalue weighted by Gasteiger charge is -2.40. The van der Waals surface area contributed by atoms with Gasteiger partial charge in [-0.05, 0) is 25.7 Å². The van der Waals surface area contributed by atoms with Gasteiger partial charge in [-0.2, -0.15) is 0 Å². The molecule has 0 unspecified atom stereocenters. The molecule has 0 N–H and O–H groups in total. The van der Waals surface area contributed by atoms with E-state index in [9.17, 15) is 4.79 Å². The van der Waals surface area contributed by atoms with Crippen LogP contribution in [0.1, 0.15) is 64.2 Å². The fourth-order valence-corrected chi connectivity index (χ4v) is 3.66. The van der Waals surface area contributed by atoms with Crippen LogP contribution in [0.25, 0.3) is 0 Å². The maximum Gasteiger partial charge on any atom is 0.279 e. The Hall–Kier alpha value is -0.180. The SMILES string of the molecule is O=C(S)N(C1CCCCC1)C1CCCCC1. The van der Waals surface area contributed by atoms with Crippen LogP contribution in [0.5, 0.6) is 0 Å². The largest absolute Gasteiger partial charge is 0.328 e. The molecule has 2 nitrogen and oxygen atoms in total. The van der Waals surface area contributed by atoms with Crippen LogP contribution >= 0.6 is 12.6 Å². The first-order chi connectivity index (χ1) is 7.79. The van der Waals surface area contributed by atoms with E-state index in [1.807, 2.05) is 0 Å². The van der Waals surface area contributed by atoms with E-state index in [2.05, 4.69) is 17.5 Å². The first-order valence-electron chi connectivity index (χ1n) is 6.80. The molecule has 0 atom stereocenters. The second-order valence-electron chi connectivity index (χ2n) is 5.27. The van der Waals surface area contributed by atoms with Crippen LogP contribution in [0.15, 0.2) is 0 Å². The van der Waals surface area contributed by atoms with E-state index in [4.69, 9.17) is 0 Å². The van der Waals surface area contributed by atoms with Gasteiger partial charge in [0.2, 0.25) is 0 Å². The van der Waals surface area contributed by atoms with Crippen molar-refractivity contribution >= 4 is 17.9 Å². The Bertz CT molecular complexity index is 214. The first-order valence-corrected chi connectivity index (χ1v) is 7.25. The van der Waals surface area contributed by atoms with Crippen LogP contribution < -0.4 is 0 Å². The highest BCUT2D eigenvalue weighted by molar-refractivity contribution is 7.96. The first kappa shape index (κ1) is 12.3. The van der Waals surface area contributed by atoms with E-state index < -0.39 is 0 Å². The summed E-state index contributed by atoms with van der Waals surface area (Å²) in [5, 5.41) is 0.0128. The number of rotatable bonds is 2. The Balaban J connectivity index is 1.99. The van der Waals surface area contributed by atoms with Gasteiger partial charge in [0, 0.05) is 12.1 Å². The van der Waals surface area contributed by atoms with Gasteiger partial charge in [0.15, 0.2) is 0 Å². The smallest absolute Gasteiger partial charge is 0.279 e. The molecule has 3 heteroatoms. The third-order valence-electron chi connectivity index (χ3n) is 4.16. The summed E-state index contributed by atoms with van der Waals surface area (Å²) in [6, 6.07) is 0.976. The molecule has 0 bridgehead atoms. The molecule has 2 aliphatic rings. The van der Waals surface area contributed by atoms with Gasteiger partial charge >= 0.3 is 0 Å². The van der Waals surface area contributed by atoms with E-state index in [1.54, 1.807) is 0 Å². The highest BCUT2D eigenvalue weighted by Crippen LogP contribution is 2.30. The molecule has 16 heavy (non-hydrogen) atoms. The van der Waals surface area contributed by atoms with Gasteiger partial charge in [0.25, 0.3) is 5.24 Å². The molecule has 0 aromatic rings. The highest BCUT2D eigenvalue weighted by Gasteiger charge is 2.30. The van der Waals surface area contributed by atoms with Crippen molar-refractivity contribution in [1.29, 1.82) is 0 Å². The number of thiol groups is 1. The van der Waals surface area contributed by atoms with Crippen LogP contribution in [0.3, 0.4) is 0 Å². The maximum atomic E-state index is 11.7. The molecule has 0 spiro atoms. The van der Waals surface area contributed by atoms with Crippen molar-refractivity contribution in [2.45, 2.75) is 76.3 Å². The molecule has 2 aliphatic carbocycles. The van der Waals surface area contributed by atoms with Gasteiger partial charge in [-0.25, -0.2) is 0 Å². The molecule has 0 saturated heterocycles. The number of nitrogens with zero attached hydrogens (tertiary/aromatic N) is 1. The van der Waals surface area contributed by atoms with Crippen molar-refractivity contribution < 1.29 is 4.79 Å². The summed E-state index contributed by atoms with van der Waals surface area (Å²) in [5.41, 5.74) is 0. The van der Waals surface area contributed by atoms with Crippen LogP contribution in [0, 0.1) is 0 Å². The Morgan fingerprint density at radius 2 is 1.19 bits per heavy atom. The molecular weight excluding hydrogens is 218 g/mol. The minimum atomic E-state index is 0.0128. The summed E-state index contributed by atoms with van der Waals surface area (Å²) in [6.45, 7) is 0. The molecule has 0 heterocycles. The summed E-state index contributed by atoms with van der Waals surface area (Å²) in [6.07, 6.45) is 12.6. The zero-order valence-electron chi connectivity index (χ0n) is 10.0. The van der Waals surface area contributed by atoms with E-state index in [0.29, 0.717) is 12.1 Å². The fraction of sp³-hybridized carbons (Fsp3) is 0.923. The average Bonchev–Trinajstić information content (AvgIpc) is 2.31. The monoisotopic (exact) mass is 241 g/mol. The lowest BCUT2D eigenvalue weighted by Crippen LogP contribution is -2.46. The van der Waals surface area contributed by atoms with Crippen LogP contribution in [-0.2, 0) is 0 Å². The molecule has 0 aromatic heterocycles. The molecule has 1 amide bonds. The van der Waals surface area contributed by atoms with Crippen LogP contribution in [-0.4, -0.2) is 22.2 Å². The molecule has 0 aromatic carbocycles. The Labute approximate surface area is 104 Å². The van der Waals surface area contributed by atoms with E-state index in [-0.39, 0.29) is 5.24 Å². The minimum absolute atomic E-state index is 0.0128. The van der Waals surface area contributed by atoms with Crippen molar-refractivity contribution in [2.24, 2.45) is 0 Å².